The molecule has 114 valence electrons. The average Bonchev–Trinajstić information content (AvgIpc) is 2.64. The Morgan fingerprint density at radius 1 is 1.33 bits per heavy atom. The number of hydrogen-bond donors (Lipinski definition) is 2. The van der Waals surface area contributed by atoms with E-state index in [1.54, 1.807) is 0 Å². The number of nitro groups is 1. The highest BCUT2D eigenvalue weighted by atomic mass is 16.6. The standard InChI is InChI=1S/C15H21N3O3/c1-10-6-3-2-4-8-12(10)17-15(19)11-7-5-9-13(14(11)16)18(20)21/h5,7,9-10,12H,2-4,6,8,16H2,1H3,(H,17,19). The summed E-state index contributed by atoms with van der Waals surface area (Å²) in [5.41, 5.74) is 5.64. The fourth-order valence-electron chi connectivity index (χ4n) is 2.86. The van der Waals surface area contributed by atoms with Crippen molar-refractivity contribution < 1.29 is 9.72 Å². The van der Waals surface area contributed by atoms with Crippen LogP contribution in [0.5, 0.6) is 0 Å². The van der Waals surface area contributed by atoms with Crippen LogP contribution < -0.4 is 11.1 Å². The zero-order valence-electron chi connectivity index (χ0n) is 12.2. The number of nitro benzene ring substituents is 1. The fourth-order valence-corrected chi connectivity index (χ4v) is 2.86. The van der Waals surface area contributed by atoms with Gasteiger partial charge in [0.15, 0.2) is 0 Å². The summed E-state index contributed by atoms with van der Waals surface area (Å²) < 4.78 is 0. The number of amides is 1. The number of carbonyl (C=O) groups excluding carboxylic acids is 1. The van der Waals surface area contributed by atoms with Crippen molar-refractivity contribution in [3.8, 4) is 0 Å². The fraction of sp³-hybridized carbons (Fsp3) is 0.533. The molecular formula is C15H21N3O3. The van der Waals surface area contributed by atoms with Gasteiger partial charge in [-0.25, -0.2) is 0 Å². The molecule has 2 atom stereocenters. The van der Waals surface area contributed by atoms with E-state index in [2.05, 4.69) is 12.2 Å². The summed E-state index contributed by atoms with van der Waals surface area (Å²) in [6.45, 7) is 2.13. The summed E-state index contributed by atoms with van der Waals surface area (Å²) in [5.74, 6) is 0.0892. The van der Waals surface area contributed by atoms with E-state index >= 15 is 0 Å². The highest BCUT2D eigenvalue weighted by Gasteiger charge is 2.24. The molecule has 0 aromatic heterocycles. The van der Waals surface area contributed by atoms with Gasteiger partial charge >= 0.3 is 0 Å². The van der Waals surface area contributed by atoms with Gasteiger partial charge in [0.25, 0.3) is 11.6 Å². The third-order valence-electron chi connectivity index (χ3n) is 4.20. The first-order valence-corrected chi connectivity index (χ1v) is 7.34. The maximum Gasteiger partial charge on any atom is 0.292 e. The van der Waals surface area contributed by atoms with E-state index in [-0.39, 0.29) is 28.9 Å². The molecule has 0 radical (unpaired) electrons. The molecule has 1 fully saturated rings. The lowest BCUT2D eigenvalue weighted by molar-refractivity contribution is -0.383. The molecule has 0 aliphatic heterocycles. The number of rotatable bonds is 3. The summed E-state index contributed by atoms with van der Waals surface area (Å²) >= 11 is 0. The lowest BCUT2D eigenvalue weighted by Crippen LogP contribution is -2.39. The molecule has 2 unspecified atom stereocenters. The molecule has 2 rings (SSSR count). The first-order valence-electron chi connectivity index (χ1n) is 7.34. The third-order valence-corrected chi connectivity index (χ3v) is 4.20. The van der Waals surface area contributed by atoms with E-state index in [0.717, 1.165) is 19.3 Å². The van der Waals surface area contributed by atoms with Crippen molar-refractivity contribution in [3.05, 3.63) is 33.9 Å². The molecule has 6 nitrogen and oxygen atoms in total. The van der Waals surface area contributed by atoms with Crippen LogP contribution in [0.3, 0.4) is 0 Å². The number of benzene rings is 1. The number of nitrogen functional groups attached to an aromatic ring is 1. The summed E-state index contributed by atoms with van der Waals surface area (Å²) in [5, 5.41) is 13.9. The molecule has 6 heteroatoms. The Bertz CT molecular complexity index is 545. The normalized spacial score (nSPS) is 22.3. The monoisotopic (exact) mass is 291 g/mol. The van der Waals surface area contributed by atoms with Crippen LogP contribution in [-0.2, 0) is 0 Å². The molecule has 1 aromatic carbocycles. The van der Waals surface area contributed by atoms with Crippen LogP contribution in [0.25, 0.3) is 0 Å². The Kier molecular flexibility index (Phi) is 4.77. The Balaban J connectivity index is 2.16. The molecule has 1 aliphatic carbocycles. The molecule has 1 amide bonds. The number of hydrogen-bond acceptors (Lipinski definition) is 4. The van der Waals surface area contributed by atoms with Gasteiger partial charge in [0, 0.05) is 12.1 Å². The first kappa shape index (κ1) is 15.3. The van der Waals surface area contributed by atoms with Crippen molar-refractivity contribution >= 4 is 17.3 Å². The summed E-state index contributed by atoms with van der Waals surface area (Å²) in [4.78, 5) is 22.7. The van der Waals surface area contributed by atoms with Crippen LogP contribution in [-0.4, -0.2) is 16.9 Å². The number of nitrogens with one attached hydrogen (secondary N) is 1. The number of carbonyl (C=O) groups is 1. The van der Waals surface area contributed by atoms with E-state index < -0.39 is 4.92 Å². The maximum atomic E-state index is 12.4. The maximum absolute atomic E-state index is 12.4. The van der Waals surface area contributed by atoms with Crippen LogP contribution in [0, 0.1) is 16.0 Å². The smallest absolute Gasteiger partial charge is 0.292 e. The number of anilines is 1. The topological polar surface area (TPSA) is 98.3 Å². The predicted octanol–water partition coefficient (Wildman–Crippen LogP) is 2.88. The second-order valence-electron chi connectivity index (χ2n) is 5.69. The van der Waals surface area contributed by atoms with Gasteiger partial charge in [-0.1, -0.05) is 32.3 Å². The summed E-state index contributed by atoms with van der Waals surface area (Å²) in [6, 6.07) is 4.43. The molecule has 1 aliphatic rings. The van der Waals surface area contributed by atoms with Gasteiger partial charge in [-0.05, 0) is 24.8 Å². The molecule has 0 saturated heterocycles. The van der Waals surface area contributed by atoms with Gasteiger partial charge in [-0.15, -0.1) is 0 Å². The third kappa shape index (κ3) is 3.51. The molecule has 3 N–H and O–H groups in total. The second kappa shape index (κ2) is 6.56. The lowest BCUT2D eigenvalue weighted by Gasteiger charge is -2.23. The number of para-hydroxylation sites is 1. The van der Waals surface area contributed by atoms with Crippen molar-refractivity contribution in [2.45, 2.75) is 45.1 Å². The molecule has 0 bridgehead atoms. The van der Waals surface area contributed by atoms with Crippen LogP contribution in [0.1, 0.15) is 49.4 Å². The van der Waals surface area contributed by atoms with Crippen LogP contribution in [0.2, 0.25) is 0 Å². The van der Waals surface area contributed by atoms with E-state index in [1.165, 1.54) is 31.0 Å². The van der Waals surface area contributed by atoms with E-state index in [1.807, 2.05) is 0 Å². The van der Waals surface area contributed by atoms with Gasteiger partial charge < -0.3 is 11.1 Å². The first-order chi connectivity index (χ1) is 10.0. The van der Waals surface area contributed by atoms with Crippen LogP contribution in [0.15, 0.2) is 18.2 Å². The second-order valence-corrected chi connectivity index (χ2v) is 5.69. The SMILES string of the molecule is CC1CCCCCC1NC(=O)c1cccc([N+](=O)[O-])c1N. The lowest BCUT2D eigenvalue weighted by atomic mass is 9.96. The minimum absolute atomic E-state index is 0.0683. The van der Waals surface area contributed by atoms with Crippen molar-refractivity contribution in [1.82, 2.24) is 5.32 Å². The van der Waals surface area contributed by atoms with Gasteiger partial charge in [0.2, 0.25) is 0 Å². The van der Waals surface area contributed by atoms with Gasteiger partial charge in [-0.3, -0.25) is 14.9 Å². The van der Waals surface area contributed by atoms with Gasteiger partial charge in [0.1, 0.15) is 5.69 Å². The Morgan fingerprint density at radius 2 is 2.05 bits per heavy atom. The Hall–Kier alpha value is -2.11. The summed E-state index contributed by atoms with van der Waals surface area (Å²) in [7, 11) is 0. The largest absolute Gasteiger partial charge is 0.393 e. The van der Waals surface area contributed by atoms with E-state index in [0.29, 0.717) is 5.92 Å². The minimum atomic E-state index is -0.569. The zero-order chi connectivity index (χ0) is 15.4. The molecule has 21 heavy (non-hydrogen) atoms. The van der Waals surface area contributed by atoms with Crippen molar-refractivity contribution in [3.63, 3.8) is 0 Å². The average molecular weight is 291 g/mol. The molecule has 1 saturated carbocycles. The molecule has 0 spiro atoms. The molecular weight excluding hydrogens is 270 g/mol. The van der Waals surface area contributed by atoms with E-state index in [9.17, 15) is 14.9 Å². The Morgan fingerprint density at radius 3 is 2.76 bits per heavy atom. The predicted molar refractivity (Wildman–Crippen MR) is 81.0 cm³/mol. The summed E-state index contributed by atoms with van der Waals surface area (Å²) in [6.07, 6.45) is 5.51. The van der Waals surface area contributed by atoms with Crippen LogP contribution in [0.4, 0.5) is 11.4 Å². The number of nitrogens with zero attached hydrogens (tertiary/aromatic N) is 1. The van der Waals surface area contributed by atoms with Gasteiger partial charge in [0.05, 0.1) is 10.5 Å². The quantitative estimate of drug-likeness (QED) is 0.387. The minimum Gasteiger partial charge on any atom is -0.393 e. The van der Waals surface area contributed by atoms with Crippen LogP contribution >= 0.6 is 0 Å². The Labute approximate surface area is 123 Å². The highest BCUT2D eigenvalue weighted by Crippen LogP contribution is 2.26. The van der Waals surface area contributed by atoms with Crippen molar-refractivity contribution in [2.24, 2.45) is 5.92 Å². The molecule has 1 aromatic rings. The highest BCUT2D eigenvalue weighted by molar-refractivity contribution is 6.01. The molecule has 0 heterocycles. The van der Waals surface area contributed by atoms with E-state index in [4.69, 9.17) is 5.73 Å². The van der Waals surface area contributed by atoms with Crippen molar-refractivity contribution in [2.75, 3.05) is 5.73 Å². The van der Waals surface area contributed by atoms with Crippen molar-refractivity contribution in [1.29, 1.82) is 0 Å². The zero-order valence-corrected chi connectivity index (χ0v) is 12.2. The van der Waals surface area contributed by atoms with Gasteiger partial charge in [-0.2, -0.15) is 0 Å². The number of nitrogens with two attached hydrogens (primary N) is 1.